The van der Waals surface area contributed by atoms with Gasteiger partial charge in [0.25, 0.3) is 0 Å². The fourth-order valence-electron chi connectivity index (χ4n) is 2.39. The normalized spacial score (nSPS) is 11.3. The number of hydrogen-bond acceptors (Lipinski definition) is 5. The second-order valence-corrected chi connectivity index (χ2v) is 7.84. The molecule has 1 heterocycles. The number of rotatable bonds is 4. The Hall–Kier alpha value is -2.49. The summed E-state index contributed by atoms with van der Waals surface area (Å²) in [4.78, 5) is 11.9. The van der Waals surface area contributed by atoms with Gasteiger partial charge in [0.1, 0.15) is 0 Å². The number of methoxy groups -OCH3 is 1. The van der Waals surface area contributed by atoms with Crippen molar-refractivity contribution in [1.82, 2.24) is 9.78 Å². The maximum absolute atomic E-state index is 11.9. The lowest BCUT2D eigenvalue weighted by Gasteiger charge is -2.08. The Morgan fingerprint density at radius 1 is 1.12 bits per heavy atom. The summed E-state index contributed by atoms with van der Waals surface area (Å²) < 4.78 is 30.0. The molecule has 0 spiro atoms. The van der Waals surface area contributed by atoms with E-state index in [1.54, 1.807) is 22.9 Å². The molecule has 0 aliphatic heterocycles. The molecular weight excluding hydrogens is 422 g/mol. The van der Waals surface area contributed by atoms with Crippen LogP contribution in [-0.2, 0) is 14.8 Å². The van der Waals surface area contributed by atoms with Crippen LogP contribution in [0.2, 0.25) is 0 Å². The topological polar surface area (TPSA) is 104 Å². The zero-order chi connectivity index (χ0) is 18.9. The molecule has 0 atom stereocenters. The number of aromatic nitrogens is 2. The summed E-state index contributed by atoms with van der Waals surface area (Å²) in [7, 11) is -2.51. The zero-order valence-corrected chi connectivity index (χ0v) is 16.0. The first-order chi connectivity index (χ1) is 12.3. The Kier molecular flexibility index (Phi) is 4.94. The molecule has 7 nitrogen and oxygen atoms in total. The number of hydrogen-bond donors (Lipinski definition) is 1. The largest absolute Gasteiger partial charge is 0.464 e. The van der Waals surface area contributed by atoms with Gasteiger partial charge in [-0.2, -0.15) is 5.10 Å². The van der Waals surface area contributed by atoms with E-state index in [0.717, 1.165) is 10.0 Å². The zero-order valence-electron chi connectivity index (χ0n) is 13.6. The highest BCUT2D eigenvalue weighted by molar-refractivity contribution is 9.10. The van der Waals surface area contributed by atoms with Gasteiger partial charge in [0.2, 0.25) is 10.0 Å². The summed E-state index contributed by atoms with van der Waals surface area (Å²) in [5.41, 5.74) is 2.19. The summed E-state index contributed by atoms with van der Waals surface area (Å²) in [6.07, 6.45) is 0. The van der Waals surface area contributed by atoms with E-state index in [0.29, 0.717) is 11.4 Å². The van der Waals surface area contributed by atoms with Crippen LogP contribution in [0.3, 0.4) is 0 Å². The number of ether oxygens (including phenoxy) is 1. The summed E-state index contributed by atoms with van der Waals surface area (Å²) in [6.45, 7) is 0. The maximum atomic E-state index is 11.9. The lowest BCUT2D eigenvalue weighted by molar-refractivity contribution is 0.0593. The van der Waals surface area contributed by atoms with Crippen LogP contribution < -0.4 is 5.14 Å². The molecule has 3 rings (SSSR count). The second-order valence-electron chi connectivity index (χ2n) is 5.36. The monoisotopic (exact) mass is 435 g/mol. The number of sulfonamides is 1. The van der Waals surface area contributed by atoms with Gasteiger partial charge in [0.15, 0.2) is 5.69 Å². The first-order valence-corrected chi connectivity index (χ1v) is 9.71. The molecule has 0 fully saturated rings. The molecule has 3 aromatic rings. The number of carbonyl (C=O) groups is 1. The number of nitrogens with two attached hydrogens (primary N) is 1. The molecule has 0 saturated heterocycles. The van der Waals surface area contributed by atoms with E-state index in [4.69, 9.17) is 9.88 Å². The van der Waals surface area contributed by atoms with Crippen LogP contribution in [0.1, 0.15) is 10.5 Å². The smallest absolute Gasteiger partial charge is 0.358 e. The molecule has 26 heavy (non-hydrogen) atoms. The van der Waals surface area contributed by atoms with Gasteiger partial charge in [-0.25, -0.2) is 23.0 Å². The highest BCUT2D eigenvalue weighted by atomic mass is 79.9. The van der Waals surface area contributed by atoms with Crippen molar-refractivity contribution in [3.05, 3.63) is 64.8 Å². The highest BCUT2D eigenvalue weighted by Crippen LogP contribution is 2.26. The van der Waals surface area contributed by atoms with Gasteiger partial charge in [-0.1, -0.05) is 28.1 Å². The van der Waals surface area contributed by atoms with E-state index >= 15 is 0 Å². The van der Waals surface area contributed by atoms with Gasteiger partial charge in [0, 0.05) is 10.0 Å². The van der Waals surface area contributed by atoms with Crippen molar-refractivity contribution >= 4 is 31.9 Å². The van der Waals surface area contributed by atoms with E-state index < -0.39 is 16.0 Å². The lowest BCUT2D eigenvalue weighted by Crippen LogP contribution is -2.12. The van der Waals surface area contributed by atoms with Crippen molar-refractivity contribution in [2.75, 3.05) is 7.11 Å². The van der Waals surface area contributed by atoms with Gasteiger partial charge >= 0.3 is 5.97 Å². The third kappa shape index (κ3) is 3.69. The van der Waals surface area contributed by atoms with Crippen LogP contribution in [-0.4, -0.2) is 31.3 Å². The summed E-state index contributed by atoms with van der Waals surface area (Å²) in [5, 5.41) is 9.42. The summed E-state index contributed by atoms with van der Waals surface area (Å²) >= 11 is 3.38. The molecule has 0 bridgehead atoms. The highest BCUT2D eigenvalue weighted by Gasteiger charge is 2.17. The van der Waals surface area contributed by atoms with Crippen molar-refractivity contribution in [3.63, 3.8) is 0 Å². The Labute approximate surface area is 158 Å². The van der Waals surface area contributed by atoms with Crippen LogP contribution in [0.5, 0.6) is 0 Å². The molecule has 0 unspecified atom stereocenters. The molecule has 2 aromatic carbocycles. The molecule has 9 heteroatoms. The molecule has 0 saturated carbocycles. The second kappa shape index (κ2) is 7.02. The van der Waals surface area contributed by atoms with E-state index in [2.05, 4.69) is 21.0 Å². The third-order valence-electron chi connectivity index (χ3n) is 3.65. The Morgan fingerprint density at radius 2 is 1.73 bits per heavy atom. The van der Waals surface area contributed by atoms with Gasteiger partial charge in [-0.15, -0.1) is 0 Å². The van der Waals surface area contributed by atoms with Crippen molar-refractivity contribution in [2.45, 2.75) is 4.90 Å². The quantitative estimate of drug-likeness (QED) is 0.634. The minimum atomic E-state index is -3.79. The van der Waals surface area contributed by atoms with Crippen LogP contribution in [0.4, 0.5) is 0 Å². The average Bonchev–Trinajstić information content (AvgIpc) is 3.06. The molecular formula is C17H14BrN3O4S. The fraction of sp³-hybridized carbons (Fsp3) is 0.0588. The van der Waals surface area contributed by atoms with Crippen molar-refractivity contribution in [2.24, 2.45) is 5.14 Å². The standard InChI is InChI=1S/C17H14BrN3O4S/c1-25-17(22)15-10-16(11-2-4-12(18)5-3-11)21(20-15)13-6-8-14(9-7-13)26(19,23)24/h2-10H,1H3,(H2,19,23,24). The van der Waals surface area contributed by atoms with Gasteiger partial charge < -0.3 is 4.74 Å². The minimum Gasteiger partial charge on any atom is -0.464 e. The Balaban J connectivity index is 2.14. The first kappa shape index (κ1) is 18.3. The van der Waals surface area contributed by atoms with Crippen molar-refractivity contribution < 1.29 is 17.9 Å². The number of nitrogens with zero attached hydrogens (tertiary/aromatic N) is 2. The van der Waals surface area contributed by atoms with Gasteiger partial charge in [0.05, 0.1) is 23.4 Å². The molecule has 1 aromatic heterocycles. The predicted octanol–water partition coefficient (Wildman–Crippen LogP) is 2.74. The third-order valence-corrected chi connectivity index (χ3v) is 5.11. The Bertz CT molecular complexity index is 1060. The van der Waals surface area contributed by atoms with E-state index in [1.807, 2.05) is 24.3 Å². The van der Waals surface area contributed by atoms with Crippen LogP contribution >= 0.6 is 15.9 Å². The molecule has 0 aliphatic rings. The van der Waals surface area contributed by atoms with Gasteiger partial charge in [-0.05, 0) is 42.5 Å². The van der Waals surface area contributed by atoms with Crippen molar-refractivity contribution in [1.29, 1.82) is 0 Å². The molecule has 2 N–H and O–H groups in total. The van der Waals surface area contributed by atoms with Gasteiger partial charge in [-0.3, -0.25) is 0 Å². The van der Waals surface area contributed by atoms with Crippen LogP contribution in [0.15, 0.2) is 64.0 Å². The maximum Gasteiger partial charge on any atom is 0.358 e. The van der Waals surface area contributed by atoms with Crippen LogP contribution in [0, 0.1) is 0 Å². The molecule has 134 valence electrons. The van der Waals surface area contributed by atoms with E-state index in [9.17, 15) is 13.2 Å². The summed E-state index contributed by atoms with van der Waals surface area (Å²) in [6, 6.07) is 15.0. The fourth-order valence-corrected chi connectivity index (χ4v) is 3.17. The van der Waals surface area contributed by atoms with Crippen molar-refractivity contribution in [3.8, 4) is 16.9 Å². The first-order valence-electron chi connectivity index (χ1n) is 7.37. The summed E-state index contributed by atoms with van der Waals surface area (Å²) in [5.74, 6) is -0.566. The number of benzene rings is 2. The lowest BCUT2D eigenvalue weighted by atomic mass is 10.1. The minimum absolute atomic E-state index is 0.00760. The number of halogens is 1. The molecule has 0 radical (unpaired) electrons. The molecule has 0 amide bonds. The number of esters is 1. The predicted molar refractivity (Wildman–Crippen MR) is 99.4 cm³/mol. The number of carbonyl (C=O) groups excluding carboxylic acids is 1. The van der Waals surface area contributed by atoms with E-state index in [1.165, 1.54) is 19.2 Å². The molecule has 0 aliphatic carbocycles. The van der Waals surface area contributed by atoms with E-state index in [-0.39, 0.29) is 10.6 Å². The SMILES string of the molecule is COC(=O)c1cc(-c2ccc(Br)cc2)n(-c2ccc(S(N)(=O)=O)cc2)n1. The van der Waals surface area contributed by atoms with Crippen LogP contribution in [0.25, 0.3) is 16.9 Å². The Morgan fingerprint density at radius 3 is 2.27 bits per heavy atom. The average molecular weight is 436 g/mol. The number of primary sulfonamides is 1.